The van der Waals surface area contributed by atoms with Crippen LogP contribution in [0, 0.1) is 0 Å². The lowest BCUT2D eigenvalue weighted by Crippen LogP contribution is -2.08. The van der Waals surface area contributed by atoms with E-state index in [0.29, 0.717) is 28.2 Å². The quantitative estimate of drug-likeness (QED) is 0.355. The van der Waals surface area contributed by atoms with Gasteiger partial charge in [-0.1, -0.05) is 6.07 Å². The van der Waals surface area contributed by atoms with E-state index in [1.54, 1.807) is 23.1 Å². The van der Waals surface area contributed by atoms with Crippen molar-refractivity contribution in [2.75, 3.05) is 10.7 Å². The van der Waals surface area contributed by atoms with Crippen LogP contribution in [0.1, 0.15) is 5.56 Å². The maximum Gasteiger partial charge on any atom is 0.410 e. The van der Waals surface area contributed by atoms with Crippen LogP contribution < -0.4 is 10.7 Å². The van der Waals surface area contributed by atoms with Crippen LogP contribution in [0.2, 0.25) is 0 Å². The van der Waals surface area contributed by atoms with Crippen molar-refractivity contribution in [1.82, 2.24) is 29.7 Å². The third-order valence-corrected chi connectivity index (χ3v) is 3.64. The molecular weight excluding hydrogens is 362 g/mol. The molecule has 0 atom stereocenters. The number of amides is 1. The number of hydrogen-bond donors (Lipinski definition) is 3. The molecule has 0 aliphatic carbocycles. The number of aromatic nitrogens is 6. The number of carboxylic acid groups (broad SMARTS) is 1. The Hall–Kier alpha value is -4.41. The number of hydrazone groups is 1. The van der Waals surface area contributed by atoms with Crippen LogP contribution in [0.15, 0.2) is 60.4 Å². The van der Waals surface area contributed by atoms with E-state index in [2.05, 4.69) is 40.9 Å². The molecule has 11 nitrogen and oxygen atoms in total. The maximum atomic E-state index is 10.6. The summed E-state index contributed by atoms with van der Waals surface area (Å²) in [4.78, 5) is 27.3. The summed E-state index contributed by atoms with van der Waals surface area (Å²) in [6, 6.07) is 8.74. The van der Waals surface area contributed by atoms with Crippen molar-refractivity contribution in [3.8, 4) is 5.82 Å². The van der Waals surface area contributed by atoms with Gasteiger partial charge in [0.15, 0.2) is 17.3 Å². The molecule has 0 unspecified atom stereocenters. The normalized spacial score (nSPS) is 11.0. The molecular formula is C17H13N9O2. The van der Waals surface area contributed by atoms with Crippen molar-refractivity contribution in [3.05, 3.63) is 60.8 Å². The van der Waals surface area contributed by atoms with E-state index in [1.807, 2.05) is 18.2 Å². The van der Waals surface area contributed by atoms with Crippen LogP contribution in [0.4, 0.5) is 16.4 Å². The number of pyridine rings is 2. The van der Waals surface area contributed by atoms with Gasteiger partial charge < -0.3 is 5.11 Å². The van der Waals surface area contributed by atoms with Crippen molar-refractivity contribution in [2.45, 2.75) is 0 Å². The first-order valence-corrected chi connectivity index (χ1v) is 8.06. The second-order valence-electron chi connectivity index (χ2n) is 5.48. The highest BCUT2D eigenvalue weighted by molar-refractivity contribution is 5.88. The van der Waals surface area contributed by atoms with Crippen LogP contribution >= 0.6 is 0 Å². The fourth-order valence-corrected chi connectivity index (χ4v) is 2.41. The molecule has 0 aromatic carbocycles. The average molecular weight is 375 g/mol. The Kier molecular flexibility index (Phi) is 4.53. The van der Waals surface area contributed by atoms with E-state index in [-0.39, 0.29) is 5.82 Å². The molecule has 0 aliphatic rings. The average Bonchev–Trinajstić information content (AvgIpc) is 3.15. The Balaban J connectivity index is 1.53. The van der Waals surface area contributed by atoms with Crippen molar-refractivity contribution >= 4 is 35.0 Å². The highest BCUT2D eigenvalue weighted by Gasteiger charge is 2.11. The minimum absolute atomic E-state index is 0.233. The van der Waals surface area contributed by atoms with Crippen molar-refractivity contribution in [3.63, 3.8) is 0 Å². The Morgan fingerprint density at radius 1 is 1.11 bits per heavy atom. The number of nitrogens with one attached hydrogen (secondary N) is 2. The summed E-state index contributed by atoms with van der Waals surface area (Å²) < 4.78 is 1.62. The number of fused-ring (bicyclic) bond motifs is 1. The zero-order chi connectivity index (χ0) is 19.3. The molecule has 0 saturated carbocycles. The summed E-state index contributed by atoms with van der Waals surface area (Å²) in [5.41, 5.74) is 4.13. The molecule has 0 bridgehead atoms. The molecule has 1 amide bonds. The minimum Gasteiger partial charge on any atom is -0.465 e. The molecule has 0 fully saturated rings. The van der Waals surface area contributed by atoms with Crippen LogP contribution in [-0.4, -0.2) is 47.1 Å². The van der Waals surface area contributed by atoms with E-state index < -0.39 is 6.09 Å². The fraction of sp³-hybridized carbons (Fsp3) is 0. The molecule has 4 rings (SSSR count). The Morgan fingerprint density at radius 2 is 2.04 bits per heavy atom. The third-order valence-electron chi connectivity index (χ3n) is 3.64. The van der Waals surface area contributed by atoms with Crippen molar-refractivity contribution in [1.29, 1.82) is 0 Å². The van der Waals surface area contributed by atoms with E-state index in [9.17, 15) is 4.79 Å². The number of carbonyl (C=O) groups is 1. The summed E-state index contributed by atoms with van der Waals surface area (Å²) >= 11 is 0. The largest absolute Gasteiger partial charge is 0.465 e. The molecule has 4 aromatic rings. The highest BCUT2D eigenvalue weighted by atomic mass is 16.4. The second-order valence-corrected chi connectivity index (χ2v) is 5.48. The third kappa shape index (κ3) is 3.58. The smallest absolute Gasteiger partial charge is 0.410 e. The SMILES string of the molecule is O=C(O)Nc1ccc(/C=N/Nc2ncnc3c2cnn3-c2ccccn2)cn1. The zero-order valence-electron chi connectivity index (χ0n) is 14.3. The molecule has 0 aliphatic heterocycles. The Morgan fingerprint density at radius 3 is 2.79 bits per heavy atom. The molecule has 4 aromatic heterocycles. The molecule has 0 saturated heterocycles. The fourth-order valence-electron chi connectivity index (χ4n) is 2.41. The highest BCUT2D eigenvalue weighted by Crippen LogP contribution is 2.20. The Bertz CT molecular complexity index is 1140. The molecule has 0 radical (unpaired) electrons. The Labute approximate surface area is 157 Å². The van der Waals surface area contributed by atoms with Gasteiger partial charge in [0, 0.05) is 18.0 Å². The summed E-state index contributed by atoms with van der Waals surface area (Å²) in [7, 11) is 0. The number of nitrogens with zero attached hydrogens (tertiary/aromatic N) is 7. The van der Waals surface area contributed by atoms with E-state index >= 15 is 0 Å². The van der Waals surface area contributed by atoms with Crippen LogP contribution in [-0.2, 0) is 0 Å². The molecule has 4 heterocycles. The zero-order valence-corrected chi connectivity index (χ0v) is 14.3. The van der Waals surface area contributed by atoms with Crippen molar-refractivity contribution < 1.29 is 9.90 Å². The first-order valence-electron chi connectivity index (χ1n) is 8.06. The van der Waals surface area contributed by atoms with Gasteiger partial charge in [0.25, 0.3) is 0 Å². The molecule has 28 heavy (non-hydrogen) atoms. The summed E-state index contributed by atoms with van der Waals surface area (Å²) in [6.07, 6.45) is 6.58. The first kappa shape index (κ1) is 17.0. The van der Waals surface area contributed by atoms with Crippen LogP contribution in [0.3, 0.4) is 0 Å². The topological polar surface area (TPSA) is 143 Å². The standard InChI is InChI=1S/C17H13N9O2/c27-17(28)24-13-5-4-11(7-19-13)8-22-25-15-12-9-23-26(16(12)21-10-20-15)14-3-1-2-6-18-14/h1-10H,(H,19,24)(H,27,28)(H,20,21,25)/b22-8+. The molecule has 138 valence electrons. The van der Waals surface area contributed by atoms with Crippen LogP contribution in [0.5, 0.6) is 0 Å². The summed E-state index contributed by atoms with van der Waals surface area (Å²) in [5.74, 6) is 1.37. The van der Waals surface area contributed by atoms with Gasteiger partial charge in [-0.2, -0.15) is 14.9 Å². The van der Waals surface area contributed by atoms with Crippen LogP contribution in [0.25, 0.3) is 16.9 Å². The minimum atomic E-state index is -1.17. The number of rotatable bonds is 5. The number of hydrogen-bond acceptors (Lipinski definition) is 8. The predicted octanol–water partition coefficient (Wildman–Crippen LogP) is 2.14. The van der Waals surface area contributed by atoms with E-state index in [1.165, 1.54) is 24.8 Å². The van der Waals surface area contributed by atoms with E-state index in [0.717, 1.165) is 0 Å². The lowest BCUT2D eigenvalue weighted by atomic mass is 10.3. The monoisotopic (exact) mass is 375 g/mol. The van der Waals surface area contributed by atoms with Gasteiger partial charge in [-0.25, -0.2) is 24.7 Å². The van der Waals surface area contributed by atoms with E-state index in [4.69, 9.17) is 5.11 Å². The van der Waals surface area contributed by atoms with Crippen molar-refractivity contribution in [2.24, 2.45) is 5.10 Å². The van der Waals surface area contributed by atoms with Gasteiger partial charge in [0.05, 0.1) is 17.8 Å². The second kappa shape index (κ2) is 7.45. The molecule has 11 heteroatoms. The first-order chi connectivity index (χ1) is 13.7. The van der Waals surface area contributed by atoms with Gasteiger partial charge in [-0.3, -0.25) is 10.7 Å². The lowest BCUT2D eigenvalue weighted by molar-refractivity contribution is 0.209. The summed E-state index contributed by atoms with van der Waals surface area (Å²) in [5, 5.41) is 20.0. The van der Waals surface area contributed by atoms with Gasteiger partial charge in [-0.15, -0.1) is 0 Å². The molecule has 0 spiro atoms. The maximum absolute atomic E-state index is 10.6. The molecule has 3 N–H and O–H groups in total. The predicted molar refractivity (Wildman–Crippen MR) is 102 cm³/mol. The lowest BCUT2D eigenvalue weighted by Gasteiger charge is -2.03. The number of anilines is 2. The van der Waals surface area contributed by atoms with Gasteiger partial charge in [-0.05, 0) is 24.3 Å². The van der Waals surface area contributed by atoms with Gasteiger partial charge >= 0.3 is 6.09 Å². The summed E-state index contributed by atoms with van der Waals surface area (Å²) in [6.45, 7) is 0. The van der Waals surface area contributed by atoms with Gasteiger partial charge in [0.2, 0.25) is 0 Å². The van der Waals surface area contributed by atoms with Gasteiger partial charge in [0.1, 0.15) is 12.1 Å².